The molecule has 1 unspecified atom stereocenters. The van der Waals surface area contributed by atoms with E-state index in [1.165, 1.54) is 0 Å². The molecule has 1 aliphatic heterocycles. The first-order valence-electron chi connectivity index (χ1n) is 9.34. The van der Waals surface area contributed by atoms with E-state index in [1.807, 2.05) is 30.4 Å². The van der Waals surface area contributed by atoms with E-state index in [0.717, 1.165) is 46.5 Å². The van der Waals surface area contributed by atoms with Crippen LogP contribution in [-0.2, 0) is 6.42 Å². The zero-order valence-corrected chi connectivity index (χ0v) is 15.1. The van der Waals surface area contributed by atoms with Crippen LogP contribution in [0.2, 0.25) is 0 Å². The molecule has 2 aliphatic rings. The molecule has 1 aromatic heterocycles. The summed E-state index contributed by atoms with van der Waals surface area (Å²) in [6.45, 7) is 0.791. The standard InChI is InChI=1S/C23H20N2O3/c26-20-11-19-18(8-14(20)2-1-13-3-5-24-6-4-13)23-16(12-25-19)7-15-9-21(27)22(28)10-17(15)23/h1-6,8-11,16,23,25-28H,7,12H2/b2-1+/t16?,23-/m1/s1. The van der Waals surface area contributed by atoms with Gasteiger partial charge in [-0.15, -0.1) is 0 Å². The topological polar surface area (TPSA) is 85.6 Å². The third-order valence-electron chi connectivity index (χ3n) is 5.77. The van der Waals surface area contributed by atoms with E-state index in [-0.39, 0.29) is 23.2 Å². The molecule has 2 atom stereocenters. The average Bonchev–Trinajstić information content (AvgIpc) is 3.05. The highest BCUT2D eigenvalue weighted by atomic mass is 16.3. The van der Waals surface area contributed by atoms with Gasteiger partial charge in [-0.1, -0.05) is 12.2 Å². The zero-order valence-electron chi connectivity index (χ0n) is 15.1. The van der Waals surface area contributed by atoms with Crippen LogP contribution in [0, 0.1) is 5.92 Å². The Morgan fingerprint density at radius 2 is 1.68 bits per heavy atom. The maximum absolute atomic E-state index is 10.5. The van der Waals surface area contributed by atoms with Gasteiger partial charge in [0, 0.05) is 42.2 Å². The van der Waals surface area contributed by atoms with Crippen molar-refractivity contribution >= 4 is 17.8 Å². The van der Waals surface area contributed by atoms with Crippen LogP contribution in [0.15, 0.2) is 48.8 Å². The van der Waals surface area contributed by atoms with E-state index in [9.17, 15) is 15.3 Å². The first-order chi connectivity index (χ1) is 13.6. The van der Waals surface area contributed by atoms with Crippen molar-refractivity contribution in [3.8, 4) is 17.2 Å². The second kappa shape index (κ2) is 6.30. The van der Waals surface area contributed by atoms with E-state index in [0.29, 0.717) is 5.92 Å². The number of hydrogen-bond donors (Lipinski definition) is 4. The van der Waals surface area contributed by atoms with Gasteiger partial charge in [0.25, 0.3) is 0 Å². The maximum Gasteiger partial charge on any atom is 0.157 e. The molecule has 0 fully saturated rings. The average molecular weight is 372 g/mol. The second-order valence-corrected chi connectivity index (χ2v) is 7.47. The molecule has 1 aliphatic carbocycles. The molecule has 5 rings (SSSR count). The molecule has 0 saturated carbocycles. The Hall–Kier alpha value is -3.47. The predicted octanol–water partition coefficient (Wildman–Crippen LogP) is 4.10. The SMILES string of the molecule is Oc1cc2c(cc1O)[C@@H]1c3cc(/C=C/c4ccncc4)c(O)cc3NCC1C2. The number of anilines is 1. The number of phenolic OH excluding ortho intramolecular Hbond substituents is 3. The summed E-state index contributed by atoms with van der Waals surface area (Å²) in [7, 11) is 0. The van der Waals surface area contributed by atoms with Crippen LogP contribution in [0.5, 0.6) is 17.2 Å². The first kappa shape index (κ1) is 16.7. The van der Waals surface area contributed by atoms with Gasteiger partial charge in [0.2, 0.25) is 0 Å². The summed E-state index contributed by atoms with van der Waals surface area (Å²) in [5.74, 6) is 0.548. The molecule has 2 aromatic carbocycles. The largest absolute Gasteiger partial charge is 0.507 e. The van der Waals surface area contributed by atoms with E-state index < -0.39 is 0 Å². The number of aromatic nitrogens is 1. The van der Waals surface area contributed by atoms with Gasteiger partial charge in [0.1, 0.15) is 5.75 Å². The van der Waals surface area contributed by atoms with Gasteiger partial charge >= 0.3 is 0 Å². The lowest BCUT2D eigenvalue weighted by Crippen LogP contribution is -2.25. The van der Waals surface area contributed by atoms with Gasteiger partial charge in [-0.3, -0.25) is 4.98 Å². The molecule has 5 heteroatoms. The summed E-state index contributed by atoms with van der Waals surface area (Å²) >= 11 is 0. The number of rotatable bonds is 2. The Labute approximate surface area is 162 Å². The maximum atomic E-state index is 10.5. The van der Waals surface area contributed by atoms with Gasteiger partial charge in [-0.25, -0.2) is 0 Å². The molecule has 4 N–H and O–H groups in total. The number of aromatic hydroxyl groups is 3. The summed E-state index contributed by atoms with van der Waals surface area (Å²) in [5.41, 5.74) is 5.90. The molecule has 140 valence electrons. The fraction of sp³-hybridized carbons (Fsp3) is 0.174. The number of benzene rings is 2. The summed E-state index contributed by atoms with van der Waals surface area (Å²) in [5, 5.41) is 33.8. The van der Waals surface area contributed by atoms with Gasteiger partial charge in [0.15, 0.2) is 11.5 Å². The Morgan fingerprint density at radius 3 is 2.50 bits per heavy atom. The molecule has 3 aromatic rings. The zero-order chi connectivity index (χ0) is 19.3. The third-order valence-corrected chi connectivity index (χ3v) is 5.77. The van der Waals surface area contributed by atoms with E-state index >= 15 is 0 Å². The minimum atomic E-state index is -0.0870. The van der Waals surface area contributed by atoms with Crippen LogP contribution in [0.3, 0.4) is 0 Å². The highest BCUT2D eigenvalue weighted by Crippen LogP contribution is 2.50. The van der Waals surface area contributed by atoms with Crippen molar-refractivity contribution in [3.05, 3.63) is 76.6 Å². The number of fused-ring (bicyclic) bond motifs is 5. The van der Waals surface area contributed by atoms with Gasteiger partial charge in [0.05, 0.1) is 0 Å². The molecule has 0 bridgehead atoms. The Kier molecular flexibility index (Phi) is 3.76. The van der Waals surface area contributed by atoms with Crippen molar-refractivity contribution in [1.29, 1.82) is 0 Å². The Balaban J connectivity index is 1.58. The summed E-state index contributed by atoms with van der Waals surface area (Å²) in [4.78, 5) is 4.02. The number of hydrogen-bond acceptors (Lipinski definition) is 5. The summed E-state index contributed by atoms with van der Waals surface area (Å²) < 4.78 is 0. The minimum absolute atomic E-state index is 0.0720. The van der Waals surface area contributed by atoms with Crippen molar-refractivity contribution < 1.29 is 15.3 Å². The molecule has 0 radical (unpaired) electrons. The smallest absolute Gasteiger partial charge is 0.157 e. The van der Waals surface area contributed by atoms with Gasteiger partial charge < -0.3 is 20.6 Å². The lowest BCUT2D eigenvalue weighted by Gasteiger charge is -2.31. The first-order valence-corrected chi connectivity index (χ1v) is 9.34. The van der Waals surface area contributed by atoms with E-state index in [2.05, 4.69) is 10.3 Å². The molecule has 0 saturated heterocycles. The van der Waals surface area contributed by atoms with Crippen LogP contribution in [0.1, 0.15) is 33.7 Å². The quantitative estimate of drug-likeness (QED) is 0.509. The molecular weight excluding hydrogens is 352 g/mol. The van der Waals surface area contributed by atoms with Crippen LogP contribution >= 0.6 is 0 Å². The van der Waals surface area contributed by atoms with Crippen molar-refractivity contribution in [2.24, 2.45) is 5.92 Å². The van der Waals surface area contributed by atoms with Crippen molar-refractivity contribution in [3.63, 3.8) is 0 Å². The van der Waals surface area contributed by atoms with Crippen molar-refractivity contribution in [2.75, 3.05) is 11.9 Å². The fourth-order valence-corrected chi connectivity index (χ4v) is 4.44. The van der Waals surface area contributed by atoms with Crippen molar-refractivity contribution in [2.45, 2.75) is 12.3 Å². The molecule has 0 amide bonds. The van der Waals surface area contributed by atoms with Gasteiger partial charge in [-0.05, 0) is 64.9 Å². The fourth-order valence-electron chi connectivity index (χ4n) is 4.44. The highest BCUT2D eigenvalue weighted by Gasteiger charge is 2.38. The van der Waals surface area contributed by atoms with E-state index in [1.54, 1.807) is 30.6 Å². The van der Waals surface area contributed by atoms with Crippen LogP contribution in [-0.4, -0.2) is 26.8 Å². The van der Waals surface area contributed by atoms with Crippen molar-refractivity contribution in [1.82, 2.24) is 4.98 Å². The van der Waals surface area contributed by atoms with Crippen LogP contribution in [0.4, 0.5) is 5.69 Å². The summed E-state index contributed by atoms with van der Waals surface area (Å²) in [6, 6.07) is 11.0. The lowest BCUT2D eigenvalue weighted by molar-refractivity contribution is 0.403. The summed E-state index contributed by atoms with van der Waals surface area (Å²) in [6.07, 6.45) is 8.17. The predicted molar refractivity (Wildman–Crippen MR) is 109 cm³/mol. The molecule has 5 nitrogen and oxygen atoms in total. The minimum Gasteiger partial charge on any atom is -0.507 e. The Bertz CT molecular complexity index is 1090. The number of nitrogens with zero attached hydrogens (tertiary/aromatic N) is 1. The normalized spacial score (nSPS) is 19.7. The van der Waals surface area contributed by atoms with Crippen LogP contribution in [0.25, 0.3) is 12.2 Å². The number of nitrogens with one attached hydrogen (secondary N) is 1. The lowest BCUT2D eigenvalue weighted by atomic mass is 9.81. The number of phenols is 3. The van der Waals surface area contributed by atoms with Gasteiger partial charge in [-0.2, -0.15) is 0 Å². The van der Waals surface area contributed by atoms with E-state index in [4.69, 9.17) is 0 Å². The highest BCUT2D eigenvalue weighted by molar-refractivity contribution is 5.76. The molecule has 2 heterocycles. The monoisotopic (exact) mass is 372 g/mol. The number of pyridine rings is 1. The molecule has 0 spiro atoms. The second-order valence-electron chi connectivity index (χ2n) is 7.47. The third kappa shape index (κ3) is 2.67. The molecular formula is C23H20N2O3. The Morgan fingerprint density at radius 1 is 0.893 bits per heavy atom. The molecule has 28 heavy (non-hydrogen) atoms. The van der Waals surface area contributed by atoms with Crippen LogP contribution < -0.4 is 5.32 Å².